The summed E-state index contributed by atoms with van der Waals surface area (Å²) in [6, 6.07) is 6.24. The number of hydrogen-bond donors (Lipinski definition) is 1. The number of fused-ring (bicyclic) bond motifs is 1. The number of benzene rings is 1. The molecule has 4 rings (SSSR count). The first-order chi connectivity index (χ1) is 12.1. The molecule has 1 fully saturated rings. The Morgan fingerprint density at radius 2 is 2.04 bits per heavy atom. The molecular weight excluding hydrogens is 334 g/mol. The predicted molar refractivity (Wildman–Crippen MR) is 101 cm³/mol. The van der Waals surface area contributed by atoms with Crippen molar-refractivity contribution in [2.75, 3.05) is 25.5 Å². The lowest BCUT2D eigenvalue weighted by Gasteiger charge is -2.27. The van der Waals surface area contributed by atoms with E-state index in [1.165, 1.54) is 11.3 Å². The lowest BCUT2D eigenvalue weighted by Crippen LogP contribution is -2.35. The third-order valence-electron chi connectivity index (χ3n) is 4.86. The van der Waals surface area contributed by atoms with Gasteiger partial charge in [0.2, 0.25) is 5.91 Å². The second-order valence-corrected chi connectivity index (χ2v) is 7.67. The highest BCUT2D eigenvalue weighted by Crippen LogP contribution is 2.31. The minimum absolute atomic E-state index is 0.0929. The van der Waals surface area contributed by atoms with Crippen LogP contribution in [0.15, 0.2) is 30.6 Å². The van der Waals surface area contributed by atoms with Crippen molar-refractivity contribution in [1.82, 2.24) is 19.7 Å². The van der Waals surface area contributed by atoms with Gasteiger partial charge in [-0.3, -0.25) is 9.48 Å². The molecule has 7 heteroatoms. The van der Waals surface area contributed by atoms with Crippen molar-refractivity contribution in [1.29, 1.82) is 0 Å². The van der Waals surface area contributed by atoms with Crippen LogP contribution in [-0.2, 0) is 11.8 Å². The Hall–Kier alpha value is -2.25. The number of carbonyl (C=O) groups excluding carboxylic acids is 1. The second-order valence-electron chi connectivity index (χ2n) is 6.64. The number of nitrogens with zero attached hydrogens (tertiary/aromatic N) is 4. The summed E-state index contributed by atoms with van der Waals surface area (Å²) in [5.41, 5.74) is 2.20. The Labute approximate surface area is 150 Å². The molecule has 0 spiro atoms. The van der Waals surface area contributed by atoms with Gasteiger partial charge in [-0.1, -0.05) is 17.4 Å². The van der Waals surface area contributed by atoms with Gasteiger partial charge in [0.05, 0.1) is 16.6 Å². The van der Waals surface area contributed by atoms with Crippen molar-refractivity contribution < 1.29 is 4.79 Å². The van der Waals surface area contributed by atoms with Crippen molar-refractivity contribution in [2.24, 2.45) is 13.0 Å². The zero-order valence-electron chi connectivity index (χ0n) is 14.4. The van der Waals surface area contributed by atoms with Crippen molar-refractivity contribution in [3.63, 3.8) is 0 Å². The molecule has 1 N–H and O–H groups in total. The molecule has 0 atom stereocenters. The number of thiazole rings is 1. The van der Waals surface area contributed by atoms with Gasteiger partial charge in [0.25, 0.3) is 0 Å². The molecule has 0 unspecified atom stereocenters. The van der Waals surface area contributed by atoms with E-state index in [1.54, 1.807) is 0 Å². The molecule has 0 aliphatic carbocycles. The van der Waals surface area contributed by atoms with Gasteiger partial charge >= 0.3 is 0 Å². The third kappa shape index (κ3) is 3.29. The number of aryl methyl sites for hydroxylation is 1. The second kappa shape index (κ2) is 6.57. The van der Waals surface area contributed by atoms with Gasteiger partial charge in [-0.25, -0.2) is 4.98 Å². The van der Waals surface area contributed by atoms with Crippen molar-refractivity contribution in [3.05, 3.63) is 30.6 Å². The van der Waals surface area contributed by atoms with Gasteiger partial charge in [0.15, 0.2) is 5.13 Å². The number of piperidine rings is 1. The maximum Gasteiger partial charge on any atom is 0.229 e. The zero-order chi connectivity index (χ0) is 17.4. The summed E-state index contributed by atoms with van der Waals surface area (Å²) in [6.45, 7) is 1.96. The van der Waals surface area contributed by atoms with Crippen molar-refractivity contribution in [3.8, 4) is 10.4 Å². The Morgan fingerprint density at radius 3 is 2.84 bits per heavy atom. The van der Waals surface area contributed by atoms with E-state index in [0.717, 1.165) is 47.3 Å². The number of hydrogen-bond acceptors (Lipinski definition) is 5. The van der Waals surface area contributed by atoms with Crippen LogP contribution in [-0.4, -0.2) is 45.7 Å². The lowest BCUT2D eigenvalue weighted by molar-refractivity contribution is -0.121. The summed E-state index contributed by atoms with van der Waals surface area (Å²) in [7, 11) is 4.03. The van der Waals surface area contributed by atoms with E-state index < -0.39 is 0 Å². The van der Waals surface area contributed by atoms with Crippen LogP contribution in [0.2, 0.25) is 0 Å². The molecule has 3 heterocycles. The molecule has 1 amide bonds. The highest BCUT2D eigenvalue weighted by Gasteiger charge is 2.24. The topological polar surface area (TPSA) is 63.1 Å². The van der Waals surface area contributed by atoms with Gasteiger partial charge in [0.1, 0.15) is 0 Å². The molecule has 6 nitrogen and oxygen atoms in total. The fourth-order valence-electron chi connectivity index (χ4n) is 3.26. The highest BCUT2D eigenvalue weighted by atomic mass is 32.1. The van der Waals surface area contributed by atoms with Gasteiger partial charge < -0.3 is 10.2 Å². The van der Waals surface area contributed by atoms with Gasteiger partial charge in [0, 0.05) is 24.5 Å². The molecule has 0 radical (unpaired) electrons. The summed E-state index contributed by atoms with van der Waals surface area (Å²) < 4.78 is 1.86. The Balaban J connectivity index is 1.48. The van der Waals surface area contributed by atoms with E-state index in [4.69, 9.17) is 0 Å². The summed E-state index contributed by atoms with van der Waals surface area (Å²) in [5, 5.41) is 9.04. The van der Waals surface area contributed by atoms with Gasteiger partial charge in [-0.05, 0) is 50.7 Å². The van der Waals surface area contributed by atoms with Crippen LogP contribution in [0.1, 0.15) is 12.8 Å². The largest absolute Gasteiger partial charge is 0.306 e. The van der Waals surface area contributed by atoms with Crippen molar-refractivity contribution >= 4 is 33.3 Å². The van der Waals surface area contributed by atoms with Crippen LogP contribution in [0.3, 0.4) is 0 Å². The minimum Gasteiger partial charge on any atom is -0.306 e. The Morgan fingerprint density at radius 1 is 1.24 bits per heavy atom. The number of rotatable bonds is 3. The number of amides is 1. The Kier molecular flexibility index (Phi) is 4.27. The van der Waals surface area contributed by atoms with E-state index in [9.17, 15) is 4.79 Å². The first-order valence-corrected chi connectivity index (χ1v) is 9.29. The standard InChI is InChI=1S/C18H21N5OS/c1-22-7-5-12(6-8-22)17(24)21-18-19-11-16(25-18)13-3-4-15-14(9-13)10-20-23(15)2/h3-4,9-12H,5-8H2,1-2H3,(H,19,21,24). The van der Waals surface area contributed by atoms with Crippen LogP contribution in [0.25, 0.3) is 21.3 Å². The molecule has 0 bridgehead atoms. The number of aromatic nitrogens is 3. The quantitative estimate of drug-likeness (QED) is 0.784. The summed E-state index contributed by atoms with van der Waals surface area (Å²) in [6.07, 6.45) is 5.52. The van der Waals surface area contributed by atoms with E-state index in [1.807, 2.05) is 24.1 Å². The fourth-order valence-corrected chi connectivity index (χ4v) is 4.08. The molecule has 0 saturated carbocycles. The van der Waals surface area contributed by atoms with Crippen LogP contribution in [0, 0.1) is 5.92 Å². The molecule has 1 aliphatic rings. The monoisotopic (exact) mass is 355 g/mol. The molecule has 1 saturated heterocycles. The van der Waals surface area contributed by atoms with Crippen LogP contribution in [0.4, 0.5) is 5.13 Å². The summed E-state index contributed by atoms with van der Waals surface area (Å²) >= 11 is 1.51. The first-order valence-electron chi connectivity index (χ1n) is 8.47. The molecule has 1 aromatic carbocycles. The lowest BCUT2D eigenvalue weighted by atomic mass is 9.96. The predicted octanol–water partition coefficient (Wildman–Crippen LogP) is 2.98. The van der Waals surface area contributed by atoms with Crippen LogP contribution < -0.4 is 5.32 Å². The normalized spacial score (nSPS) is 16.4. The van der Waals surface area contributed by atoms with Crippen molar-refractivity contribution in [2.45, 2.75) is 12.8 Å². The molecule has 130 valence electrons. The first kappa shape index (κ1) is 16.2. The third-order valence-corrected chi connectivity index (χ3v) is 5.82. The maximum atomic E-state index is 12.4. The zero-order valence-corrected chi connectivity index (χ0v) is 15.2. The number of carbonyl (C=O) groups is 1. The summed E-state index contributed by atoms with van der Waals surface area (Å²) in [4.78, 5) is 20.1. The average Bonchev–Trinajstić information content (AvgIpc) is 3.22. The van der Waals surface area contributed by atoms with E-state index in [2.05, 4.69) is 45.5 Å². The number of nitrogens with one attached hydrogen (secondary N) is 1. The van der Waals surface area contributed by atoms with Gasteiger partial charge in [-0.15, -0.1) is 0 Å². The summed E-state index contributed by atoms with van der Waals surface area (Å²) in [5.74, 6) is 0.187. The number of anilines is 1. The maximum absolute atomic E-state index is 12.4. The van der Waals surface area contributed by atoms with Gasteiger partial charge in [-0.2, -0.15) is 5.10 Å². The number of likely N-dealkylation sites (tertiary alicyclic amines) is 1. The molecule has 1 aliphatic heterocycles. The molecule has 2 aromatic heterocycles. The average molecular weight is 355 g/mol. The SMILES string of the molecule is CN1CCC(C(=O)Nc2ncc(-c3ccc4c(cnn4C)c3)s2)CC1. The fraction of sp³-hybridized carbons (Fsp3) is 0.389. The molecule has 25 heavy (non-hydrogen) atoms. The molecule has 3 aromatic rings. The van der Waals surface area contributed by atoms with Crippen LogP contribution in [0.5, 0.6) is 0 Å². The smallest absolute Gasteiger partial charge is 0.229 e. The minimum atomic E-state index is 0.0929. The van der Waals surface area contributed by atoms with Crippen LogP contribution >= 0.6 is 11.3 Å². The van der Waals surface area contributed by atoms with E-state index in [-0.39, 0.29) is 11.8 Å². The van der Waals surface area contributed by atoms with E-state index in [0.29, 0.717) is 5.13 Å². The highest BCUT2D eigenvalue weighted by molar-refractivity contribution is 7.19. The Bertz CT molecular complexity index is 907. The molecular formula is C18H21N5OS. The van der Waals surface area contributed by atoms with E-state index >= 15 is 0 Å².